The number of nitrogens with two attached hydrogens (primary N) is 1. The summed E-state index contributed by atoms with van der Waals surface area (Å²) < 4.78 is 11.9. The van der Waals surface area contributed by atoms with Crippen LogP contribution >= 0.6 is 11.6 Å². The number of tetrazole rings is 1. The molecule has 8 heteroatoms. The Balaban J connectivity index is 2.62. The van der Waals surface area contributed by atoms with Crippen LogP contribution in [0.3, 0.4) is 0 Å². The lowest BCUT2D eigenvalue weighted by Crippen LogP contribution is -2.09. The highest BCUT2D eigenvalue weighted by Gasteiger charge is 2.15. The second-order valence-electron chi connectivity index (χ2n) is 3.37. The van der Waals surface area contributed by atoms with Gasteiger partial charge in [-0.3, -0.25) is 0 Å². The highest BCUT2D eigenvalue weighted by atomic mass is 35.5. The van der Waals surface area contributed by atoms with E-state index in [2.05, 4.69) is 15.5 Å². The van der Waals surface area contributed by atoms with Gasteiger partial charge in [-0.05, 0) is 10.4 Å². The van der Waals surface area contributed by atoms with Gasteiger partial charge in [0.05, 0.1) is 25.8 Å². The van der Waals surface area contributed by atoms with Crippen LogP contribution in [-0.2, 0) is 6.54 Å². The zero-order valence-electron chi connectivity index (χ0n) is 9.92. The fourth-order valence-electron chi connectivity index (χ4n) is 1.53. The Hall–Kier alpha value is -1.86. The predicted molar refractivity (Wildman–Crippen MR) is 65.2 cm³/mol. The predicted octanol–water partition coefficient (Wildman–Crippen LogP) is 0.792. The molecule has 1 aromatic heterocycles. The number of ether oxygens (including phenoxy) is 2. The average Bonchev–Trinajstić information content (AvgIpc) is 2.86. The van der Waals surface area contributed by atoms with Crippen molar-refractivity contribution in [1.29, 1.82) is 0 Å². The van der Waals surface area contributed by atoms with Crippen LogP contribution in [0.5, 0.6) is 11.5 Å². The van der Waals surface area contributed by atoms with Gasteiger partial charge >= 0.3 is 0 Å². The molecular formula is C10H12ClN5O2. The van der Waals surface area contributed by atoms with Gasteiger partial charge in [0.25, 0.3) is 0 Å². The second kappa shape index (κ2) is 5.19. The molecule has 1 heterocycles. The lowest BCUT2D eigenvalue weighted by molar-refractivity contribution is 0.400. The molecule has 0 aliphatic rings. The Morgan fingerprint density at radius 1 is 1.28 bits per heavy atom. The monoisotopic (exact) mass is 269 g/mol. The summed E-state index contributed by atoms with van der Waals surface area (Å²) in [4.78, 5) is 0. The Morgan fingerprint density at radius 2 is 2.00 bits per heavy atom. The third-order valence-corrected chi connectivity index (χ3v) is 2.69. The molecule has 0 bridgehead atoms. The quantitative estimate of drug-likeness (QED) is 0.883. The van der Waals surface area contributed by atoms with E-state index in [-0.39, 0.29) is 6.54 Å². The Kier molecular flexibility index (Phi) is 3.63. The van der Waals surface area contributed by atoms with Gasteiger partial charge < -0.3 is 15.2 Å². The lowest BCUT2D eigenvalue weighted by atomic mass is 10.2. The van der Waals surface area contributed by atoms with Crippen molar-refractivity contribution in [3.63, 3.8) is 0 Å². The highest BCUT2D eigenvalue weighted by Crippen LogP contribution is 2.34. The molecule has 0 radical (unpaired) electrons. The van der Waals surface area contributed by atoms with Crippen LogP contribution in [0.25, 0.3) is 5.69 Å². The number of rotatable bonds is 4. The van der Waals surface area contributed by atoms with Crippen molar-refractivity contribution in [3.05, 3.63) is 23.0 Å². The maximum absolute atomic E-state index is 6.02. The maximum atomic E-state index is 6.02. The largest absolute Gasteiger partial charge is 0.495 e. The minimum atomic E-state index is 0.209. The third-order valence-electron chi connectivity index (χ3n) is 2.40. The molecule has 0 aliphatic heterocycles. The first-order chi connectivity index (χ1) is 8.71. The van der Waals surface area contributed by atoms with E-state index in [0.717, 1.165) is 0 Å². The Labute approximate surface area is 108 Å². The van der Waals surface area contributed by atoms with Crippen molar-refractivity contribution < 1.29 is 9.47 Å². The van der Waals surface area contributed by atoms with E-state index in [4.69, 9.17) is 26.8 Å². The highest BCUT2D eigenvalue weighted by molar-refractivity contribution is 6.32. The van der Waals surface area contributed by atoms with E-state index in [1.807, 2.05) is 0 Å². The zero-order chi connectivity index (χ0) is 13.1. The molecule has 2 aromatic rings. The summed E-state index contributed by atoms with van der Waals surface area (Å²) in [5.74, 6) is 1.55. The summed E-state index contributed by atoms with van der Waals surface area (Å²) in [6.07, 6.45) is 0. The number of methoxy groups -OCH3 is 2. The van der Waals surface area contributed by atoms with Crippen LogP contribution in [0.15, 0.2) is 12.1 Å². The molecule has 0 atom stereocenters. The normalized spacial score (nSPS) is 10.4. The number of hydrogen-bond acceptors (Lipinski definition) is 6. The van der Waals surface area contributed by atoms with E-state index >= 15 is 0 Å². The first-order valence-electron chi connectivity index (χ1n) is 5.10. The summed E-state index contributed by atoms with van der Waals surface area (Å²) in [5.41, 5.74) is 6.18. The number of nitrogens with zero attached hydrogens (tertiary/aromatic N) is 4. The van der Waals surface area contributed by atoms with Gasteiger partial charge in [-0.15, -0.1) is 5.10 Å². The van der Waals surface area contributed by atoms with Gasteiger partial charge in [0.2, 0.25) is 0 Å². The second-order valence-corrected chi connectivity index (χ2v) is 3.78. The summed E-state index contributed by atoms with van der Waals surface area (Å²) in [6.45, 7) is 0.209. The molecular weight excluding hydrogens is 258 g/mol. The van der Waals surface area contributed by atoms with E-state index in [0.29, 0.717) is 28.0 Å². The molecule has 0 saturated heterocycles. The van der Waals surface area contributed by atoms with Gasteiger partial charge in [0.1, 0.15) is 17.2 Å². The molecule has 0 unspecified atom stereocenters. The van der Waals surface area contributed by atoms with Crippen LogP contribution in [0, 0.1) is 0 Å². The van der Waals surface area contributed by atoms with Crippen LogP contribution in [0.2, 0.25) is 5.02 Å². The Bertz CT molecular complexity index is 557. The molecule has 7 nitrogen and oxygen atoms in total. The number of aromatic nitrogens is 4. The number of halogens is 1. The van der Waals surface area contributed by atoms with Gasteiger partial charge in [0, 0.05) is 12.1 Å². The fourth-order valence-corrected chi connectivity index (χ4v) is 1.76. The molecule has 0 fully saturated rings. The van der Waals surface area contributed by atoms with E-state index in [1.54, 1.807) is 12.1 Å². The van der Waals surface area contributed by atoms with Crippen LogP contribution in [0.4, 0.5) is 0 Å². The van der Waals surface area contributed by atoms with E-state index in [1.165, 1.54) is 18.9 Å². The van der Waals surface area contributed by atoms with Crippen molar-refractivity contribution >= 4 is 11.6 Å². The van der Waals surface area contributed by atoms with Gasteiger partial charge in [0.15, 0.2) is 5.82 Å². The van der Waals surface area contributed by atoms with Gasteiger partial charge in [-0.1, -0.05) is 11.6 Å². The molecule has 0 saturated carbocycles. The lowest BCUT2D eigenvalue weighted by Gasteiger charge is -2.12. The molecule has 0 amide bonds. The van der Waals surface area contributed by atoms with E-state index < -0.39 is 0 Å². The topological polar surface area (TPSA) is 88.1 Å². The van der Waals surface area contributed by atoms with Crippen LogP contribution in [-0.4, -0.2) is 34.4 Å². The van der Waals surface area contributed by atoms with Gasteiger partial charge in [-0.25, -0.2) is 0 Å². The molecule has 2 N–H and O–H groups in total. The summed E-state index contributed by atoms with van der Waals surface area (Å²) in [5, 5.41) is 11.7. The first kappa shape index (κ1) is 12.6. The van der Waals surface area contributed by atoms with Gasteiger partial charge in [-0.2, -0.15) is 4.68 Å². The van der Waals surface area contributed by atoms with Crippen molar-refractivity contribution in [1.82, 2.24) is 20.2 Å². The number of benzene rings is 1. The fraction of sp³-hybridized carbons (Fsp3) is 0.300. The minimum absolute atomic E-state index is 0.209. The smallest absolute Gasteiger partial charge is 0.170 e. The summed E-state index contributed by atoms with van der Waals surface area (Å²) >= 11 is 6.02. The van der Waals surface area contributed by atoms with Crippen molar-refractivity contribution in [2.75, 3.05) is 14.2 Å². The third kappa shape index (κ3) is 2.09. The first-order valence-corrected chi connectivity index (χ1v) is 5.48. The SMILES string of the molecule is COc1cc(-n2nnnc2CN)c(OC)cc1Cl. The maximum Gasteiger partial charge on any atom is 0.170 e. The molecule has 2 rings (SSSR count). The molecule has 1 aromatic carbocycles. The van der Waals surface area contributed by atoms with Crippen LogP contribution < -0.4 is 15.2 Å². The number of hydrogen-bond donors (Lipinski definition) is 1. The van der Waals surface area contributed by atoms with Crippen LogP contribution in [0.1, 0.15) is 5.82 Å². The Morgan fingerprint density at radius 3 is 2.61 bits per heavy atom. The van der Waals surface area contributed by atoms with Crippen molar-refractivity contribution in [3.8, 4) is 17.2 Å². The molecule has 18 heavy (non-hydrogen) atoms. The molecule has 0 aliphatic carbocycles. The summed E-state index contributed by atoms with van der Waals surface area (Å²) in [6, 6.07) is 3.33. The summed E-state index contributed by atoms with van der Waals surface area (Å²) in [7, 11) is 3.06. The average molecular weight is 270 g/mol. The molecule has 0 spiro atoms. The standard InChI is InChI=1S/C10H12ClN5O2/c1-17-8-4-7(9(18-2)3-6(8)11)16-10(5-12)13-14-15-16/h3-4H,5,12H2,1-2H3. The molecule has 96 valence electrons. The van der Waals surface area contributed by atoms with E-state index in [9.17, 15) is 0 Å². The minimum Gasteiger partial charge on any atom is -0.495 e. The zero-order valence-corrected chi connectivity index (χ0v) is 10.7. The van der Waals surface area contributed by atoms with Crippen molar-refractivity contribution in [2.45, 2.75) is 6.54 Å². The van der Waals surface area contributed by atoms with Crippen molar-refractivity contribution in [2.24, 2.45) is 5.73 Å².